The molecule has 2 aromatic rings. The summed E-state index contributed by atoms with van der Waals surface area (Å²) in [5.41, 5.74) is 0.169. The van der Waals surface area contributed by atoms with E-state index in [9.17, 15) is 13.7 Å². The molecule has 2 heterocycles. The third-order valence-corrected chi connectivity index (χ3v) is 6.87. The van der Waals surface area contributed by atoms with Gasteiger partial charge in [0.25, 0.3) is 0 Å². The highest BCUT2D eigenvalue weighted by molar-refractivity contribution is 7.89. The van der Waals surface area contributed by atoms with Crippen molar-refractivity contribution in [2.24, 2.45) is 0 Å². The first-order valence-corrected chi connectivity index (χ1v) is 10.8. The van der Waals surface area contributed by atoms with E-state index >= 15 is 0 Å². The molecule has 0 saturated carbocycles. The van der Waals surface area contributed by atoms with Gasteiger partial charge in [0.05, 0.1) is 10.5 Å². The van der Waals surface area contributed by atoms with Crippen LogP contribution in [0.5, 0.6) is 0 Å². The fraction of sp³-hybridized carbons (Fsp3) is 0.421. The SMILES string of the molecule is CCN(CC)c1ccc(N2CCN(S(=O)(=O)c3ccccc3C#N)CC2)nn1. The quantitative estimate of drug-likeness (QED) is 0.728. The fourth-order valence-corrected chi connectivity index (χ4v) is 4.85. The molecule has 3 rings (SSSR count). The van der Waals surface area contributed by atoms with Gasteiger partial charge in [0.15, 0.2) is 11.6 Å². The van der Waals surface area contributed by atoms with Crippen molar-refractivity contribution in [1.29, 1.82) is 5.26 Å². The molecule has 0 unspecified atom stereocenters. The minimum Gasteiger partial charge on any atom is -0.356 e. The van der Waals surface area contributed by atoms with Crippen LogP contribution in [0.1, 0.15) is 19.4 Å². The van der Waals surface area contributed by atoms with Gasteiger partial charge < -0.3 is 9.80 Å². The molecule has 1 aromatic carbocycles. The van der Waals surface area contributed by atoms with Crippen LogP contribution >= 0.6 is 0 Å². The fourth-order valence-electron chi connectivity index (χ4n) is 3.28. The van der Waals surface area contributed by atoms with Crippen molar-refractivity contribution in [3.05, 3.63) is 42.0 Å². The maximum Gasteiger partial charge on any atom is 0.244 e. The van der Waals surface area contributed by atoms with E-state index in [1.165, 1.54) is 16.4 Å². The number of nitriles is 1. The highest BCUT2D eigenvalue weighted by atomic mass is 32.2. The van der Waals surface area contributed by atoms with Crippen molar-refractivity contribution in [3.8, 4) is 6.07 Å². The Kier molecular flexibility index (Phi) is 6.11. The van der Waals surface area contributed by atoms with E-state index in [0.29, 0.717) is 26.2 Å². The second-order valence-electron chi connectivity index (χ2n) is 6.42. The summed E-state index contributed by atoms with van der Waals surface area (Å²) < 4.78 is 27.3. The molecule has 1 aromatic heterocycles. The Balaban J connectivity index is 1.70. The zero-order valence-corrected chi connectivity index (χ0v) is 16.9. The van der Waals surface area contributed by atoms with E-state index in [4.69, 9.17) is 0 Å². The van der Waals surface area contributed by atoms with Crippen molar-refractivity contribution in [2.75, 3.05) is 49.1 Å². The number of hydrogen-bond donors (Lipinski definition) is 0. The van der Waals surface area contributed by atoms with Crippen LogP contribution in [0.25, 0.3) is 0 Å². The van der Waals surface area contributed by atoms with Crippen LogP contribution in [-0.4, -0.2) is 62.2 Å². The van der Waals surface area contributed by atoms with E-state index in [2.05, 4.69) is 28.9 Å². The highest BCUT2D eigenvalue weighted by Gasteiger charge is 2.30. The van der Waals surface area contributed by atoms with Gasteiger partial charge in [-0.2, -0.15) is 9.57 Å². The first kappa shape index (κ1) is 20.0. The number of hydrogen-bond acceptors (Lipinski definition) is 7. The van der Waals surface area contributed by atoms with Crippen LogP contribution in [0.15, 0.2) is 41.3 Å². The van der Waals surface area contributed by atoms with Gasteiger partial charge in [0.2, 0.25) is 10.0 Å². The van der Waals surface area contributed by atoms with Crippen molar-refractivity contribution >= 4 is 21.7 Å². The first-order valence-electron chi connectivity index (χ1n) is 9.34. The Morgan fingerprint density at radius 3 is 2.29 bits per heavy atom. The number of anilines is 2. The summed E-state index contributed by atoms with van der Waals surface area (Å²) >= 11 is 0. The molecule has 0 N–H and O–H groups in total. The Hall–Kier alpha value is -2.70. The van der Waals surface area contributed by atoms with Crippen molar-refractivity contribution in [2.45, 2.75) is 18.7 Å². The van der Waals surface area contributed by atoms with Gasteiger partial charge in [-0.1, -0.05) is 12.1 Å². The first-order chi connectivity index (χ1) is 13.5. The number of rotatable bonds is 6. The lowest BCUT2D eigenvalue weighted by Crippen LogP contribution is -2.49. The molecule has 0 aliphatic carbocycles. The topological polar surface area (TPSA) is 93.4 Å². The van der Waals surface area contributed by atoms with Gasteiger partial charge >= 0.3 is 0 Å². The van der Waals surface area contributed by atoms with E-state index in [1.54, 1.807) is 12.1 Å². The molecule has 28 heavy (non-hydrogen) atoms. The summed E-state index contributed by atoms with van der Waals surface area (Å²) in [4.78, 5) is 4.21. The summed E-state index contributed by atoms with van der Waals surface area (Å²) in [5, 5.41) is 17.8. The molecule has 1 aliphatic heterocycles. The number of benzene rings is 1. The Bertz CT molecular complexity index is 943. The molecular formula is C19H24N6O2S. The minimum absolute atomic E-state index is 0.0642. The van der Waals surface area contributed by atoms with E-state index in [-0.39, 0.29) is 10.5 Å². The van der Waals surface area contributed by atoms with Crippen molar-refractivity contribution in [3.63, 3.8) is 0 Å². The van der Waals surface area contributed by atoms with Crippen LogP contribution in [0.2, 0.25) is 0 Å². The molecule has 9 heteroatoms. The zero-order chi connectivity index (χ0) is 20.1. The average Bonchev–Trinajstić information content (AvgIpc) is 2.75. The number of aromatic nitrogens is 2. The highest BCUT2D eigenvalue weighted by Crippen LogP contribution is 2.23. The second-order valence-corrected chi connectivity index (χ2v) is 8.33. The minimum atomic E-state index is -3.69. The largest absolute Gasteiger partial charge is 0.356 e. The Morgan fingerprint density at radius 1 is 1.04 bits per heavy atom. The lowest BCUT2D eigenvalue weighted by Gasteiger charge is -2.34. The number of piperazine rings is 1. The van der Waals surface area contributed by atoms with Gasteiger partial charge in [-0.3, -0.25) is 0 Å². The Morgan fingerprint density at radius 2 is 1.71 bits per heavy atom. The van der Waals surface area contributed by atoms with Crippen LogP contribution in [0.4, 0.5) is 11.6 Å². The summed E-state index contributed by atoms with van der Waals surface area (Å²) in [6.45, 7) is 7.59. The monoisotopic (exact) mass is 400 g/mol. The third kappa shape index (κ3) is 3.93. The molecular weight excluding hydrogens is 376 g/mol. The molecule has 1 saturated heterocycles. The second kappa shape index (κ2) is 8.54. The summed E-state index contributed by atoms with van der Waals surface area (Å²) in [6, 6.07) is 12.1. The maximum absolute atomic E-state index is 12.9. The lowest BCUT2D eigenvalue weighted by atomic mass is 10.2. The van der Waals surface area contributed by atoms with Gasteiger partial charge in [-0.25, -0.2) is 8.42 Å². The smallest absolute Gasteiger partial charge is 0.244 e. The molecule has 1 aliphatic rings. The molecule has 0 bridgehead atoms. The third-order valence-electron chi connectivity index (χ3n) is 4.91. The molecule has 148 valence electrons. The lowest BCUT2D eigenvalue weighted by molar-refractivity contribution is 0.383. The van der Waals surface area contributed by atoms with Gasteiger partial charge in [-0.15, -0.1) is 10.2 Å². The van der Waals surface area contributed by atoms with Crippen LogP contribution in [0.3, 0.4) is 0 Å². The van der Waals surface area contributed by atoms with Gasteiger partial charge in [0, 0.05) is 39.3 Å². The predicted octanol–water partition coefficient (Wildman–Crippen LogP) is 1.71. The van der Waals surface area contributed by atoms with E-state index < -0.39 is 10.0 Å². The molecule has 0 spiro atoms. The van der Waals surface area contributed by atoms with Gasteiger partial charge in [0.1, 0.15) is 6.07 Å². The molecule has 0 radical (unpaired) electrons. The predicted molar refractivity (Wildman–Crippen MR) is 108 cm³/mol. The molecule has 0 atom stereocenters. The van der Waals surface area contributed by atoms with Gasteiger partial charge in [-0.05, 0) is 38.1 Å². The Labute approximate surface area is 166 Å². The van der Waals surface area contributed by atoms with E-state index in [1.807, 2.05) is 23.1 Å². The molecule has 1 fully saturated rings. The summed E-state index contributed by atoms with van der Waals surface area (Å²) in [5.74, 6) is 1.58. The van der Waals surface area contributed by atoms with Crippen molar-refractivity contribution < 1.29 is 8.42 Å². The maximum atomic E-state index is 12.9. The average molecular weight is 401 g/mol. The molecule has 8 nitrogen and oxygen atoms in total. The van der Waals surface area contributed by atoms with E-state index in [0.717, 1.165) is 24.7 Å². The molecule has 0 amide bonds. The van der Waals surface area contributed by atoms with Crippen LogP contribution in [0, 0.1) is 11.3 Å². The van der Waals surface area contributed by atoms with Crippen molar-refractivity contribution in [1.82, 2.24) is 14.5 Å². The normalized spacial score (nSPS) is 15.2. The summed E-state index contributed by atoms with van der Waals surface area (Å²) in [6.07, 6.45) is 0. The standard InChI is InChI=1S/C19H24N6O2S/c1-3-23(4-2)18-9-10-19(22-21-18)24-11-13-25(14-12-24)28(26,27)17-8-6-5-7-16(17)15-20/h5-10H,3-4,11-14H2,1-2H3. The number of nitrogens with zero attached hydrogens (tertiary/aromatic N) is 6. The van der Waals surface area contributed by atoms with Crippen LogP contribution in [-0.2, 0) is 10.0 Å². The van der Waals surface area contributed by atoms with Crippen LogP contribution < -0.4 is 9.80 Å². The zero-order valence-electron chi connectivity index (χ0n) is 16.1. The number of sulfonamides is 1. The summed E-state index contributed by atoms with van der Waals surface area (Å²) in [7, 11) is -3.69.